The van der Waals surface area contributed by atoms with E-state index in [4.69, 9.17) is 5.11 Å². The van der Waals surface area contributed by atoms with Gasteiger partial charge in [0.2, 0.25) is 0 Å². The van der Waals surface area contributed by atoms with Gasteiger partial charge in [0.15, 0.2) is 0 Å². The summed E-state index contributed by atoms with van der Waals surface area (Å²) < 4.78 is 0. The van der Waals surface area contributed by atoms with E-state index in [-0.39, 0.29) is 5.92 Å². The first-order valence-corrected chi connectivity index (χ1v) is 6.56. The standard InChI is InChI=1S/C14H26O2/c1-3-5-7-8-9-10-12-13(14(15)16)11-6-4-2/h4,6,13H,3,5,7-12H2,1-2H3,(H,15,16)/b6-4+. The number of carboxylic acid groups (broad SMARTS) is 1. The van der Waals surface area contributed by atoms with Gasteiger partial charge in [-0.15, -0.1) is 0 Å². The lowest BCUT2D eigenvalue weighted by molar-refractivity contribution is -0.141. The lowest BCUT2D eigenvalue weighted by Gasteiger charge is -2.09. The van der Waals surface area contributed by atoms with Gasteiger partial charge in [0.05, 0.1) is 5.92 Å². The molecule has 1 N–H and O–H groups in total. The molecule has 0 aromatic carbocycles. The molecule has 0 aromatic heterocycles. The summed E-state index contributed by atoms with van der Waals surface area (Å²) in [5.74, 6) is -0.825. The van der Waals surface area contributed by atoms with Gasteiger partial charge in [-0.05, 0) is 19.8 Å². The molecule has 0 bridgehead atoms. The van der Waals surface area contributed by atoms with Crippen molar-refractivity contribution in [2.75, 3.05) is 0 Å². The average Bonchev–Trinajstić information content (AvgIpc) is 2.26. The SMILES string of the molecule is C/C=C/CC(CCCCCCCC)C(=O)O. The van der Waals surface area contributed by atoms with Crippen molar-refractivity contribution in [1.29, 1.82) is 0 Å². The van der Waals surface area contributed by atoms with E-state index in [1.165, 1.54) is 32.1 Å². The van der Waals surface area contributed by atoms with E-state index in [9.17, 15) is 4.79 Å². The molecule has 0 aromatic rings. The normalized spacial score (nSPS) is 13.1. The quantitative estimate of drug-likeness (QED) is 0.442. The van der Waals surface area contributed by atoms with Crippen molar-refractivity contribution in [2.45, 2.75) is 65.2 Å². The molecule has 0 amide bonds. The van der Waals surface area contributed by atoms with E-state index < -0.39 is 5.97 Å². The molecular weight excluding hydrogens is 200 g/mol. The zero-order chi connectivity index (χ0) is 12.2. The molecule has 0 radical (unpaired) electrons. The number of allylic oxidation sites excluding steroid dienone is 2. The smallest absolute Gasteiger partial charge is 0.306 e. The highest BCUT2D eigenvalue weighted by atomic mass is 16.4. The summed E-state index contributed by atoms with van der Waals surface area (Å²) >= 11 is 0. The fourth-order valence-electron chi connectivity index (χ4n) is 1.81. The van der Waals surface area contributed by atoms with Gasteiger partial charge in [-0.3, -0.25) is 4.79 Å². The Morgan fingerprint density at radius 2 is 1.81 bits per heavy atom. The highest BCUT2D eigenvalue weighted by Gasteiger charge is 2.14. The maximum atomic E-state index is 10.9. The third-order valence-electron chi connectivity index (χ3n) is 2.91. The van der Waals surface area contributed by atoms with Gasteiger partial charge in [-0.2, -0.15) is 0 Å². The van der Waals surface area contributed by atoms with Gasteiger partial charge in [0, 0.05) is 0 Å². The molecule has 0 fully saturated rings. The maximum absolute atomic E-state index is 10.9. The van der Waals surface area contributed by atoms with Crippen molar-refractivity contribution in [3.05, 3.63) is 12.2 Å². The Hall–Kier alpha value is -0.790. The first-order valence-electron chi connectivity index (χ1n) is 6.56. The van der Waals surface area contributed by atoms with Gasteiger partial charge < -0.3 is 5.11 Å². The fraction of sp³-hybridized carbons (Fsp3) is 0.786. The minimum absolute atomic E-state index is 0.178. The summed E-state index contributed by atoms with van der Waals surface area (Å²) in [5, 5.41) is 9.01. The van der Waals surface area contributed by atoms with Crippen LogP contribution in [0, 0.1) is 5.92 Å². The van der Waals surface area contributed by atoms with E-state index in [0.717, 1.165) is 12.8 Å². The van der Waals surface area contributed by atoms with E-state index in [2.05, 4.69) is 6.92 Å². The molecule has 94 valence electrons. The van der Waals surface area contributed by atoms with Crippen LogP contribution in [0.5, 0.6) is 0 Å². The van der Waals surface area contributed by atoms with Crippen LogP contribution in [0.25, 0.3) is 0 Å². The Labute approximate surface area is 99.7 Å². The molecule has 2 nitrogen and oxygen atoms in total. The molecule has 0 heterocycles. The van der Waals surface area contributed by atoms with Crippen LogP contribution in [-0.4, -0.2) is 11.1 Å². The topological polar surface area (TPSA) is 37.3 Å². The molecule has 0 saturated heterocycles. The Balaban J connectivity index is 3.56. The zero-order valence-corrected chi connectivity index (χ0v) is 10.7. The number of hydrogen-bond acceptors (Lipinski definition) is 1. The monoisotopic (exact) mass is 226 g/mol. The Bertz CT molecular complexity index is 197. The number of carboxylic acids is 1. The van der Waals surface area contributed by atoms with Crippen LogP contribution in [0.4, 0.5) is 0 Å². The highest BCUT2D eigenvalue weighted by molar-refractivity contribution is 5.70. The molecule has 0 aliphatic heterocycles. The van der Waals surface area contributed by atoms with E-state index in [0.29, 0.717) is 6.42 Å². The summed E-state index contributed by atoms with van der Waals surface area (Å²) in [7, 11) is 0. The minimum atomic E-state index is -0.647. The molecule has 0 rings (SSSR count). The Kier molecular flexibility index (Phi) is 10.2. The summed E-state index contributed by atoms with van der Waals surface area (Å²) in [4.78, 5) is 10.9. The van der Waals surface area contributed by atoms with Gasteiger partial charge in [0.25, 0.3) is 0 Å². The highest BCUT2D eigenvalue weighted by Crippen LogP contribution is 2.16. The van der Waals surface area contributed by atoms with Crippen molar-refractivity contribution in [2.24, 2.45) is 5.92 Å². The maximum Gasteiger partial charge on any atom is 0.306 e. The van der Waals surface area contributed by atoms with Crippen LogP contribution in [0.15, 0.2) is 12.2 Å². The van der Waals surface area contributed by atoms with Crippen molar-refractivity contribution < 1.29 is 9.90 Å². The van der Waals surface area contributed by atoms with E-state index in [1.54, 1.807) is 0 Å². The number of rotatable bonds is 10. The molecule has 0 aliphatic rings. The molecule has 0 spiro atoms. The molecule has 16 heavy (non-hydrogen) atoms. The Morgan fingerprint density at radius 3 is 2.38 bits per heavy atom. The largest absolute Gasteiger partial charge is 0.481 e. The van der Waals surface area contributed by atoms with Crippen LogP contribution in [0.2, 0.25) is 0 Å². The van der Waals surface area contributed by atoms with Crippen LogP contribution in [-0.2, 0) is 4.79 Å². The van der Waals surface area contributed by atoms with Crippen LogP contribution >= 0.6 is 0 Å². The molecule has 0 saturated carbocycles. The summed E-state index contributed by atoms with van der Waals surface area (Å²) in [6.45, 7) is 4.14. The third-order valence-corrected chi connectivity index (χ3v) is 2.91. The van der Waals surface area contributed by atoms with E-state index >= 15 is 0 Å². The van der Waals surface area contributed by atoms with Gasteiger partial charge >= 0.3 is 5.97 Å². The summed E-state index contributed by atoms with van der Waals surface area (Å²) in [6.07, 6.45) is 12.7. The number of hydrogen-bond donors (Lipinski definition) is 1. The van der Waals surface area contributed by atoms with Gasteiger partial charge in [-0.25, -0.2) is 0 Å². The minimum Gasteiger partial charge on any atom is -0.481 e. The zero-order valence-electron chi connectivity index (χ0n) is 10.7. The summed E-state index contributed by atoms with van der Waals surface area (Å²) in [6, 6.07) is 0. The second-order valence-electron chi connectivity index (χ2n) is 4.40. The van der Waals surface area contributed by atoms with Crippen LogP contribution < -0.4 is 0 Å². The van der Waals surface area contributed by atoms with Crippen molar-refractivity contribution in [1.82, 2.24) is 0 Å². The van der Waals surface area contributed by atoms with Crippen LogP contribution in [0.1, 0.15) is 65.2 Å². The first-order chi connectivity index (χ1) is 7.72. The van der Waals surface area contributed by atoms with Crippen molar-refractivity contribution in [3.8, 4) is 0 Å². The first kappa shape index (κ1) is 15.2. The lowest BCUT2D eigenvalue weighted by Crippen LogP contribution is -2.12. The number of aliphatic carboxylic acids is 1. The molecule has 1 unspecified atom stereocenters. The fourth-order valence-corrected chi connectivity index (χ4v) is 1.81. The molecule has 1 atom stereocenters. The van der Waals surface area contributed by atoms with Crippen molar-refractivity contribution >= 4 is 5.97 Å². The van der Waals surface area contributed by atoms with Gasteiger partial charge in [-0.1, -0.05) is 57.6 Å². The molecule has 0 aliphatic carbocycles. The lowest BCUT2D eigenvalue weighted by atomic mass is 9.97. The molecular formula is C14H26O2. The number of unbranched alkanes of at least 4 members (excludes halogenated alkanes) is 5. The predicted molar refractivity (Wildman–Crippen MR) is 68.5 cm³/mol. The van der Waals surface area contributed by atoms with Crippen molar-refractivity contribution in [3.63, 3.8) is 0 Å². The predicted octanol–water partition coefficient (Wildman–Crippen LogP) is 4.40. The average molecular weight is 226 g/mol. The summed E-state index contributed by atoms with van der Waals surface area (Å²) in [5.41, 5.74) is 0. The van der Waals surface area contributed by atoms with Crippen LogP contribution in [0.3, 0.4) is 0 Å². The number of carbonyl (C=O) groups is 1. The second kappa shape index (κ2) is 10.7. The van der Waals surface area contributed by atoms with Gasteiger partial charge in [0.1, 0.15) is 0 Å². The molecule has 2 heteroatoms. The third kappa shape index (κ3) is 8.51. The second-order valence-corrected chi connectivity index (χ2v) is 4.40. The van der Waals surface area contributed by atoms with E-state index in [1.807, 2.05) is 19.1 Å². The Morgan fingerprint density at radius 1 is 1.19 bits per heavy atom.